The number of methoxy groups -OCH3 is 1. The second kappa shape index (κ2) is 17.7. The molecule has 3 unspecified atom stereocenters. The summed E-state index contributed by atoms with van der Waals surface area (Å²) in [6.07, 6.45) is -4.31. The number of esters is 2. The van der Waals surface area contributed by atoms with Crippen LogP contribution in [-0.4, -0.2) is 89.3 Å². The molecule has 0 saturated carbocycles. The second-order valence-electron chi connectivity index (χ2n) is 12.6. The summed E-state index contributed by atoms with van der Waals surface area (Å²) in [6, 6.07) is 2.10. The average Bonchev–Trinajstić information content (AvgIpc) is 3.06. The molecule has 1 aliphatic rings. The third kappa shape index (κ3) is 11.9. The maximum atomic E-state index is 13.7. The van der Waals surface area contributed by atoms with Crippen molar-refractivity contribution >= 4 is 47.1 Å². The van der Waals surface area contributed by atoms with E-state index < -0.39 is 72.3 Å². The number of hydrogen-bond acceptors (Lipinski definition) is 13. The van der Waals surface area contributed by atoms with Gasteiger partial charge in [0.25, 0.3) is 11.8 Å². The van der Waals surface area contributed by atoms with Crippen molar-refractivity contribution in [1.29, 1.82) is 0 Å². The number of amides is 4. The van der Waals surface area contributed by atoms with E-state index in [0.29, 0.717) is 24.3 Å². The fourth-order valence-electron chi connectivity index (χ4n) is 4.84. The molecule has 8 N–H and O–H groups in total. The molecule has 0 bridgehead atoms. The summed E-state index contributed by atoms with van der Waals surface area (Å²) in [6.45, 7) is 4.44. The maximum absolute atomic E-state index is 13.7. The quantitative estimate of drug-likeness (QED) is 0.110. The summed E-state index contributed by atoms with van der Waals surface area (Å²) < 4.78 is 51.1. The second-order valence-corrected chi connectivity index (χ2v) is 12.6. The zero-order valence-electron chi connectivity index (χ0n) is 29.0. The molecule has 3 rings (SSSR count). The van der Waals surface area contributed by atoms with Gasteiger partial charge in [-0.05, 0) is 77.3 Å². The number of ether oxygens (including phenoxy) is 2. The Bertz CT molecular complexity index is 1630. The van der Waals surface area contributed by atoms with Gasteiger partial charge in [-0.3, -0.25) is 29.8 Å². The molecule has 2 heterocycles. The number of nitrogens with two attached hydrogens (primary N) is 2. The van der Waals surface area contributed by atoms with E-state index in [2.05, 4.69) is 31.2 Å². The van der Waals surface area contributed by atoms with Gasteiger partial charge in [-0.25, -0.2) is 19.6 Å². The number of benzene rings is 1. The third-order valence-corrected chi connectivity index (χ3v) is 7.29. The van der Waals surface area contributed by atoms with Crippen LogP contribution in [0.5, 0.6) is 0 Å². The highest BCUT2D eigenvalue weighted by atomic mass is 19.4. The largest absolute Gasteiger partial charge is 0.471 e. The monoisotopic (exact) mass is 737 g/mol. The Kier molecular flexibility index (Phi) is 14.0. The lowest BCUT2D eigenvalue weighted by molar-refractivity contribution is -0.170. The summed E-state index contributed by atoms with van der Waals surface area (Å²) in [4.78, 5) is 84.4. The summed E-state index contributed by atoms with van der Waals surface area (Å²) in [7, 11) is 1.18. The SMILES string of the molecule is COC(=O)C(CCCCN)NC(=O)CCC(NC(=O)c1ccc(N(Cc2cnc3c(n2)C(=O)NC(N)N3)C(=O)C(F)(F)F)cc1)C(=O)OC(C)(C)C. The minimum atomic E-state index is -5.31. The number of nitrogens with one attached hydrogen (secondary N) is 4. The lowest BCUT2D eigenvalue weighted by Gasteiger charge is -2.26. The first-order valence-corrected chi connectivity index (χ1v) is 16.1. The van der Waals surface area contributed by atoms with Crippen LogP contribution in [0.15, 0.2) is 30.5 Å². The van der Waals surface area contributed by atoms with Gasteiger partial charge < -0.3 is 36.5 Å². The predicted molar refractivity (Wildman–Crippen MR) is 178 cm³/mol. The van der Waals surface area contributed by atoms with E-state index in [9.17, 15) is 41.9 Å². The smallest absolute Gasteiger partial charge is 0.467 e. The Labute approximate surface area is 296 Å². The highest BCUT2D eigenvalue weighted by Crippen LogP contribution is 2.26. The van der Waals surface area contributed by atoms with Crippen molar-refractivity contribution in [2.75, 3.05) is 23.9 Å². The number of alkyl halides is 3. The Hall–Kier alpha value is -5.37. The molecule has 17 nitrogen and oxygen atoms in total. The molecule has 1 aromatic carbocycles. The molecule has 1 aromatic heterocycles. The number of fused-ring (bicyclic) bond motifs is 1. The third-order valence-electron chi connectivity index (χ3n) is 7.29. The van der Waals surface area contributed by atoms with Gasteiger partial charge in [0.05, 0.1) is 25.5 Å². The number of carbonyl (C=O) groups is 6. The average molecular weight is 738 g/mol. The van der Waals surface area contributed by atoms with Crippen LogP contribution in [-0.2, 0) is 35.2 Å². The summed E-state index contributed by atoms with van der Waals surface area (Å²) in [5, 5.41) is 10.0. The fourth-order valence-corrected chi connectivity index (χ4v) is 4.84. The number of anilines is 2. The summed E-state index contributed by atoms with van der Waals surface area (Å²) in [5.74, 6) is -5.96. The zero-order valence-corrected chi connectivity index (χ0v) is 29.0. The topological polar surface area (TPSA) is 250 Å². The normalized spacial score (nSPS) is 15.2. The van der Waals surface area contributed by atoms with Crippen molar-refractivity contribution in [3.63, 3.8) is 0 Å². The maximum Gasteiger partial charge on any atom is 0.471 e. The van der Waals surface area contributed by atoms with Gasteiger partial charge in [0.15, 0.2) is 17.8 Å². The van der Waals surface area contributed by atoms with Gasteiger partial charge in [0.1, 0.15) is 17.7 Å². The minimum absolute atomic E-state index is 0.00177. The van der Waals surface area contributed by atoms with Crippen LogP contribution in [0.2, 0.25) is 0 Å². The highest BCUT2D eigenvalue weighted by Gasteiger charge is 2.43. The molecule has 1 aliphatic heterocycles. The molecule has 284 valence electrons. The standard InChI is InChI=1S/C32H42F3N9O8/c1-31(2,3)52-28(49)21(12-13-22(45)40-20(27(48)51-4)7-5-6-14-36)41-25(46)17-8-10-19(11-9-17)44(29(50)32(33,34)35)16-18-15-38-24-23(39-18)26(47)43-30(37)42-24/h8-11,15,20-21,30H,5-7,12-14,16,36-37H2,1-4H3,(H,38,42)(H,40,45)(H,41,46)(H,43,47). The number of rotatable bonds is 15. The molecule has 0 fully saturated rings. The first-order valence-electron chi connectivity index (χ1n) is 16.1. The number of unbranched alkanes of at least 4 members (excludes halogenated alkanes) is 1. The van der Waals surface area contributed by atoms with Crippen LogP contribution in [0.25, 0.3) is 0 Å². The van der Waals surface area contributed by atoms with Gasteiger partial charge in [-0.2, -0.15) is 13.2 Å². The van der Waals surface area contributed by atoms with Crippen LogP contribution in [0.3, 0.4) is 0 Å². The van der Waals surface area contributed by atoms with E-state index in [1.807, 2.05) is 0 Å². The Morgan fingerprint density at radius 3 is 2.23 bits per heavy atom. The Morgan fingerprint density at radius 2 is 1.63 bits per heavy atom. The predicted octanol–water partition coefficient (Wildman–Crippen LogP) is 0.977. The van der Waals surface area contributed by atoms with E-state index in [1.54, 1.807) is 20.8 Å². The number of aromatic nitrogens is 2. The van der Waals surface area contributed by atoms with E-state index in [-0.39, 0.29) is 47.7 Å². The van der Waals surface area contributed by atoms with Gasteiger partial charge in [-0.1, -0.05) is 0 Å². The van der Waals surface area contributed by atoms with Gasteiger partial charge >= 0.3 is 24.0 Å². The molecule has 0 aliphatic carbocycles. The number of nitrogens with zero attached hydrogens (tertiary/aromatic N) is 3. The van der Waals surface area contributed by atoms with Crippen molar-refractivity contribution in [1.82, 2.24) is 25.9 Å². The first-order chi connectivity index (χ1) is 24.3. The molecule has 20 heteroatoms. The highest BCUT2D eigenvalue weighted by molar-refractivity contribution is 6.00. The lowest BCUT2D eigenvalue weighted by atomic mass is 10.1. The van der Waals surface area contributed by atoms with Crippen LogP contribution in [0.1, 0.15) is 79.4 Å². The lowest BCUT2D eigenvalue weighted by Crippen LogP contribution is -2.51. The Morgan fingerprint density at radius 1 is 0.981 bits per heavy atom. The molecule has 4 amide bonds. The summed E-state index contributed by atoms with van der Waals surface area (Å²) >= 11 is 0. The summed E-state index contributed by atoms with van der Waals surface area (Å²) in [5.41, 5.74) is 9.36. The number of halogens is 3. The number of hydrogen-bond donors (Lipinski definition) is 6. The van der Waals surface area contributed by atoms with E-state index in [0.717, 1.165) is 30.5 Å². The molecule has 0 radical (unpaired) electrons. The molecule has 0 spiro atoms. The van der Waals surface area contributed by atoms with Gasteiger partial charge in [0, 0.05) is 17.7 Å². The van der Waals surface area contributed by atoms with Crippen LogP contribution < -0.4 is 37.6 Å². The van der Waals surface area contributed by atoms with E-state index in [1.165, 1.54) is 7.11 Å². The van der Waals surface area contributed by atoms with E-state index in [4.69, 9.17) is 20.9 Å². The minimum Gasteiger partial charge on any atom is -0.467 e. The Balaban J connectivity index is 1.79. The zero-order chi connectivity index (χ0) is 38.8. The molecular weight excluding hydrogens is 695 g/mol. The number of carbonyl (C=O) groups excluding carboxylic acids is 6. The van der Waals surface area contributed by atoms with Crippen molar-refractivity contribution in [2.24, 2.45) is 11.5 Å². The van der Waals surface area contributed by atoms with Crippen molar-refractivity contribution < 1.29 is 51.4 Å². The van der Waals surface area contributed by atoms with Crippen molar-refractivity contribution in [2.45, 2.75) is 89.6 Å². The van der Waals surface area contributed by atoms with Gasteiger partial charge in [-0.15, -0.1) is 0 Å². The molecule has 2 aromatic rings. The molecular formula is C32H42F3N9O8. The van der Waals surface area contributed by atoms with Crippen molar-refractivity contribution in [3.05, 3.63) is 47.4 Å². The van der Waals surface area contributed by atoms with Crippen molar-refractivity contribution in [3.8, 4) is 0 Å². The molecule has 0 saturated heterocycles. The van der Waals surface area contributed by atoms with Crippen LogP contribution in [0.4, 0.5) is 24.7 Å². The fraction of sp³-hybridized carbons (Fsp3) is 0.500. The first kappa shape index (κ1) is 41.1. The van der Waals surface area contributed by atoms with Crippen LogP contribution in [0, 0.1) is 0 Å². The van der Waals surface area contributed by atoms with E-state index >= 15 is 0 Å². The molecule has 52 heavy (non-hydrogen) atoms. The van der Waals surface area contributed by atoms with Crippen LogP contribution >= 0.6 is 0 Å². The van der Waals surface area contributed by atoms with Gasteiger partial charge in [0.2, 0.25) is 5.91 Å². The molecule has 3 atom stereocenters.